The molecule has 2 fully saturated rings. The van der Waals surface area contributed by atoms with Crippen LogP contribution in [0.5, 0.6) is 5.75 Å². The van der Waals surface area contributed by atoms with Crippen molar-refractivity contribution in [1.82, 2.24) is 9.80 Å². The van der Waals surface area contributed by atoms with Gasteiger partial charge in [0.05, 0.1) is 18.1 Å². The third kappa shape index (κ3) is 5.74. The Kier molecular flexibility index (Phi) is 8.11. The van der Waals surface area contributed by atoms with Crippen molar-refractivity contribution < 1.29 is 23.9 Å². The standard InChI is InChI=1S/C23H32N2O5/c1-2-29-23(28)18-10-9-15-25(16-18)22(27)19-11-5-6-12-20(19)30-17-21(26)24-13-7-3-4-8-14-24/h5-6,11-12,18H,2-4,7-10,13-17H2,1H3. The largest absolute Gasteiger partial charge is 0.483 e. The number of carbonyl (C=O) groups excluding carboxylic acids is 3. The maximum absolute atomic E-state index is 13.1. The number of hydrogen-bond donors (Lipinski definition) is 0. The zero-order chi connectivity index (χ0) is 21.3. The van der Waals surface area contributed by atoms with Crippen molar-refractivity contribution in [2.45, 2.75) is 45.4 Å². The number of esters is 1. The van der Waals surface area contributed by atoms with Gasteiger partial charge in [-0.3, -0.25) is 14.4 Å². The molecule has 0 aromatic heterocycles. The molecule has 1 atom stereocenters. The molecule has 1 unspecified atom stereocenters. The van der Waals surface area contributed by atoms with Gasteiger partial charge in [0, 0.05) is 26.2 Å². The first-order valence-corrected chi connectivity index (χ1v) is 11.1. The van der Waals surface area contributed by atoms with Gasteiger partial charge in [0.15, 0.2) is 6.61 Å². The summed E-state index contributed by atoms with van der Waals surface area (Å²) < 4.78 is 10.9. The number of likely N-dealkylation sites (tertiary alicyclic amines) is 2. The molecule has 0 radical (unpaired) electrons. The molecule has 2 saturated heterocycles. The summed E-state index contributed by atoms with van der Waals surface area (Å²) in [5.74, 6) is -0.354. The Balaban J connectivity index is 1.63. The summed E-state index contributed by atoms with van der Waals surface area (Å²) in [4.78, 5) is 41.3. The van der Waals surface area contributed by atoms with Gasteiger partial charge in [0.1, 0.15) is 5.75 Å². The second kappa shape index (κ2) is 11.0. The SMILES string of the molecule is CCOC(=O)C1CCCN(C(=O)c2ccccc2OCC(=O)N2CCCCCC2)C1. The van der Waals surface area contributed by atoms with E-state index < -0.39 is 0 Å². The van der Waals surface area contributed by atoms with Crippen LogP contribution in [0.4, 0.5) is 0 Å². The number of nitrogens with zero attached hydrogens (tertiary/aromatic N) is 2. The van der Waals surface area contributed by atoms with Crippen LogP contribution in [0.2, 0.25) is 0 Å². The van der Waals surface area contributed by atoms with Crippen LogP contribution in [0, 0.1) is 5.92 Å². The molecular weight excluding hydrogens is 384 g/mol. The predicted molar refractivity (Wildman–Crippen MR) is 112 cm³/mol. The lowest BCUT2D eigenvalue weighted by Crippen LogP contribution is -2.43. The van der Waals surface area contributed by atoms with E-state index in [0.717, 1.165) is 51.6 Å². The predicted octanol–water partition coefficient (Wildman–Crippen LogP) is 2.88. The number of hydrogen-bond acceptors (Lipinski definition) is 5. The molecule has 7 heteroatoms. The van der Waals surface area contributed by atoms with E-state index in [1.165, 1.54) is 0 Å². The molecule has 0 aliphatic carbocycles. The lowest BCUT2D eigenvalue weighted by Gasteiger charge is -2.32. The van der Waals surface area contributed by atoms with Crippen LogP contribution in [-0.2, 0) is 14.3 Å². The Hall–Kier alpha value is -2.57. The molecule has 3 rings (SSSR count). The molecule has 1 aromatic rings. The van der Waals surface area contributed by atoms with Crippen molar-refractivity contribution in [3.8, 4) is 5.75 Å². The highest BCUT2D eigenvalue weighted by atomic mass is 16.5. The number of carbonyl (C=O) groups is 3. The van der Waals surface area contributed by atoms with Crippen LogP contribution in [0.25, 0.3) is 0 Å². The van der Waals surface area contributed by atoms with Crippen molar-refractivity contribution in [3.63, 3.8) is 0 Å². The van der Waals surface area contributed by atoms with E-state index in [2.05, 4.69) is 0 Å². The van der Waals surface area contributed by atoms with Crippen LogP contribution in [-0.4, -0.2) is 67.0 Å². The molecule has 7 nitrogen and oxygen atoms in total. The van der Waals surface area contributed by atoms with E-state index in [1.54, 1.807) is 36.1 Å². The maximum Gasteiger partial charge on any atom is 0.310 e. The van der Waals surface area contributed by atoms with Gasteiger partial charge in [-0.1, -0.05) is 25.0 Å². The Morgan fingerprint density at radius 3 is 2.40 bits per heavy atom. The molecule has 1 aromatic carbocycles. The number of rotatable bonds is 6. The van der Waals surface area contributed by atoms with Gasteiger partial charge >= 0.3 is 5.97 Å². The molecular formula is C23H32N2O5. The summed E-state index contributed by atoms with van der Waals surface area (Å²) in [6, 6.07) is 7.00. The van der Waals surface area contributed by atoms with Gasteiger partial charge in [0.2, 0.25) is 0 Å². The molecule has 0 N–H and O–H groups in total. The van der Waals surface area contributed by atoms with Crippen LogP contribution >= 0.6 is 0 Å². The van der Waals surface area contributed by atoms with Crippen LogP contribution < -0.4 is 4.74 Å². The van der Waals surface area contributed by atoms with Gasteiger partial charge in [0.25, 0.3) is 11.8 Å². The number of piperidine rings is 1. The Morgan fingerprint density at radius 2 is 1.67 bits per heavy atom. The third-order valence-electron chi connectivity index (χ3n) is 5.76. The minimum absolute atomic E-state index is 0.0421. The molecule has 164 valence electrons. The fourth-order valence-corrected chi connectivity index (χ4v) is 4.10. The number of amides is 2. The average molecular weight is 417 g/mol. The quantitative estimate of drug-likeness (QED) is 0.667. The second-order valence-corrected chi connectivity index (χ2v) is 7.92. The summed E-state index contributed by atoms with van der Waals surface area (Å²) >= 11 is 0. The van der Waals surface area contributed by atoms with E-state index in [9.17, 15) is 14.4 Å². The minimum Gasteiger partial charge on any atom is -0.483 e. The van der Waals surface area contributed by atoms with E-state index in [1.807, 2.05) is 4.90 Å². The molecule has 2 aliphatic heterocycles. The van der Waals surface area contributed by atoms with Gasteiger partial charge in [-0.15, -0.1) is 0 Å². The average Bonchev–Trinajstić information content (AvgIpc) is 3.07. The van der Waals surface area contributed by atoms with E-state index in [-0.39, 0.29) is 30.3 Å². The van der Waals surface area contributed by atoms with Gasteiger partial charge in [-0.2, -0.15) is 0 Å². The summed E-state index contributed by atoms with van der Waals surface area (Å²) in [6.07, 6.45) is 5.85. The zero-order valence-corrected chi connectivity index (χ0v) is 17.8. The fraction of sp³-hybridized carbons (Fsp3) is 0.609. The third-order valence-corrected chi connectivity index (χ3v) is 5.76. The van der Waals surface area contributed by atoms with E-state index in [4.69, 9.17) is 9.47 Å². The molecule has 0 saturated carbocycles. The highest BCUT2D eigenvalue weighted by Gasteiger charge is 2.31. The van der Waals surface area contributed by atoms with Gasteiger partial charge in [-0.25, -0.2) is 0 Å². The Morgan fingerprint density at radius 1 is 0.967 bits per heavy atom. The second-order valence-electron chi connectivity index (χ2n) is 7.92. The van der Waals surface area contributed by atoms with Crippen molar-refractivity contribution >= 4 is 17.8 Å². The van der Waals surface area contributed by atoms with Crippen molar-refractivity contribution in [2.75, 3.05) is 39.4 Å². The zero-order valence-electron chi connectivity index (χ0n) is 17.8. The lowest BCUT2D eigenvalue weighted by atomic mass is 9.97. The van der Waals surface area contributed by atoms with Gasteiger partial charge in [-0.05, 0) is 44.7 Å². The fourth-order valence-electron chi connectivity index (χ4n) is 4.10. The Bertz CT molecular complexity index is 743. The molecule has 30 heavy (non-hydrogen) atoms. The van der Waals surface area contributed by atoms with E-state index in [0.29, 0.717) is 31.0 Å². The van der Waals surface area contributed by atoms with Crippen LogP contribution in [0.3, 0.4) is 0 Å². The molecule has 0 spiro atoms. The highest BCUT2D eigenvalue weighted by Crippen LogP contribution is 2.24. The smallest absolute Gasteiger partial charge is 0.310 e. The van der Waals surface area contributed by atoms with Crippen molar-refractivity contribution in [1.29, 1.82) is 0 Å². The number of benzene rings is 1. The number of ether oxygens (including phenoxy) is 2. The normalized spacial score (nSPS) is 19.7. The first-order valence-electron chi connectivity index (χ1n) is 11.1. The van der Waals surface area contributed by atoms with Crippen LogP contribution in [0.15, 0.2) is 24.3 Å². The van der Waals surface area contributed by atoms with E-state index >= 15 is 0 Å². The minimum atomic E-state index is -0.291. The lowest BCUT2D eigenvalue weighted by molar-refractivity contribution is -0.149. The monoisotopic (exact) mass is 416 g/mol. The molecule has 2 heterocycles. The summed E-state index contributed by atoms with van der Waals surface area (Å²) in [6.45, 7) is 4.52. The first-order chi connectivity index (χ1) is 14.6. The van der Waals surface area contributed by atoms with Gasteiger partial charge < -0.3 is 19.3 Å². The number of para-hydroxylation sites is 1. The van der Waals surface area contributed by atoms with Crippen LogP contribution in [0.1, 0.15) is 55.8 Å². The first kappa shape index (κ1) is 22.1. The summed E-state index contributed by atoms with van der Waals surface area (Å²) in [5, 5.41) is 0. The van der Waals surface area contributed by atoms with Crippen molar-refractivity contribution in [2.24, 2.45) is 5.92 Å². The highest BCUT2D eigenvalue weighted by molar-refractivity contribution is 5.97. The molecule has 2 aliphatic rings. The molecule has 2 amide bonds. The van der Waals surface area contributed by atoms with Crippen molar-refractivity contribution in [3.05, 3.63) is 29.8 Å². The maximum atomic E-state index is 13.1. The topological polar surface area (TPSA) is 76.1 Å². The molecule has 0 bridgehead atoms. The summed E-state index contributed by atoms with van der Waals surface area (Å²) in [5.41, 5.74) is 0.422. The Labute approximate surface area is 178 Å². The summed E-state index contributed by atoms with van der Waals surface area (Å²) in [7, 11) is 0.